The Morgan fingerprint density at radius 3 is 2.50 bits per heavy atom. The molecular weight excluding hydrogens is 180 g/mol. The van der Waals surface area contributed by atoms with Crippen LogP contribution in [0, 0.1) is 6.07 Å². The van der Waals surface area contributed by atoms with E-state index >= 15 is 0 Å². The number of rotatable bonds is 7. The second-order valence-electron chi connectivity index (χ2n) is 2.69. The van der Waals surface area contributed by atoms with E-state index in [0.717, 1.165) is 5.75 Å². The van der Waals surface area contributed by atoms with E-state index in [9.17, 15) is 0 Å². The summed E-state index contributed by atoms with van der Waals surface area (Å²) in [5, 5.41) is 0. The fourth-order valence-electron chi connectivity index (χ4n) is 0.931. The molecule has 0 aliphatic rings. The molecule has 1 aromatic carbocycles. The molecule has 3 nitrogen and oxygen atoms in total. The summed E-state index contributed by atoms with van der Waals surface area (Å²) in [7, 11) is 1.65. The molecule has 0 saturated carbocycles. The molecule has 0 heterocycles. The number of hydrogen-bond donors (Lipinski definition) is 0. The molecule has 1 aromatic rings. The van der Waals surface area contributed by atoms with Gasteiger partial charge in [-0.05, 0) is 18.2 Å². The van der Waals surface area contributed by atoms with Crippen LogP contribution in [0.2, 0.25) is 0 Å². The molecule has 77 valence electrons. The van der Waals surface area contributed by atoms with Gasteiger partial charge >= 0.3 is 0 Å². The van der Waals surface area contributed by atoms with E-state index in [1.807, 2.05) is 24.3 Å². The number of hydrogen-bond acceptors (Lipinski definition) is 3. The van der Waals surface area contributed by atoms with Gasteiger partial charge in [0.2, 0.25) is 0 Å². The highest BCUT2D eigenvalue weighted by Gasteiger charge is 1.91. The second-order valence-corrected chi connectivity index (χ2v) is 2.69. The van der Waals surface area contributed by atoms with E-state index in [-0.39, 0.29) is 0 Å². The van der Waals surface area contributed by atoms with Crippen LogP contribution in [0.5, 0.6) is 5.75 Å². The molecule has 3 heteroatoms. The Bertz CT molecular complexity index is 223. The SMILES string of the molecule is COCCOCCOc1cc[c]cc1. The van der Waals surface area contributed by atoms with Crippen LogP contribution >= 0.6 is 0 Å². The summed E-state index contributed by atoms with van der Waals surface area (Å²) in [4.78, 5) is 0. The van der Waals surface area contributed by atoms with E-state index < -0.39 is 0 Å². The summed E-state index contributed by atoms with van der Waals surface area (Å²) in [6.07, 6.45) is 0. The van der Waals surface area contributed by atoms with E-state index in [4.69, 9.17) is 14.2 Å². The Morgan fingerprint density at radius 2 is 1.79 bits per heavy atom. The van der Waals surface area contributed by atoms with Gasteiger partial charge in [0.25, 0.3) is 0 Å². The van der Waals surface area contributed by atoms with Gasteiger partial charge in [-0.3, -0.25) is 0 Å². The molecule has 0 aliphatic carbocycles. The van der Waals surface area contributed by atoms with Crippen molar-refractivity contribution >= 4 is 0 Å². The van der Waals surface area contributed by atoms with E-state index in [0.29, 0.717) is 26.4 Å². The van der Waals surface area contributed by atoms with Gasteiger partial charge in [-0.15, -0.1) is 0 Å². The van der Waals surface area contributed by atoms with Crippen LogP contribution in [0.3, 0.4) is 0 Å². The third-order valence-electron chi connectivity index (χ3n) is 1.62. The van der Waals surface area contributed by atoms with E-state index in [1.165, 1.54) is 0 Å². The quantitative estimate of drug-likeness (QED) is 0.617. The number of ether oxygens (including phenoxy) is 3. The van der Waals surface area contributed by atoms with Gasteiger partial charge in [-0.2, -0.15) is 0 Å². The first-order valence-corrected chi connectivity index (χ1v) is 4.59. The monoisotopic (exact) mass is 195 g/mol. The fraction of sp³-hybridized carbons (Fsp3) is 0.455. The van der Waals surface area contributed by atoms with Crippen LogP contribution in [0.15, 0.2) is 24.3 Å². The molecule has 1 rings (SSSR count). The van der Waals surface area contributed by atoms with Crippen LogP contribution < -0.4 is 4.74 Å². The Balaban J connectivity index is 1.99. The molecule has 0 aromatic heterocycles. The standard InChI is InChI=1S/C11H15O3/c1-12-7-8-13-9-10-14-11-5-3-2-4-6-11/h3-6H,7-10H2,1H3. The molecule has 0 aliphatic heterocycles. The van der Waals surface area contributed by atoms with Gasteiger partial charge in [-0.25, -0.2) is 0 Å². The zero-order chi connectivity index (χ0) is 10.1. The lowest BCUT2D eigenvalue weighted by Gasteiger charge is -2.06. The van der Waals surface area contributed by atoms with Gasteiger partial charge in [-0.1, -0.05) is 12.1 Å². The molecule has 0 unspecified atom stereocenters. The van der Waals surface area contributed by atoms with Gasteiger partial charge in [0.1, 0.15) is 12.4 Å². The molecule has 0 amide bonds. The molecule has 0 N–H and O–H groups in total. The Hall–Kier alpha value is -1.06. The summed E-state index contributed by atoms with van der Waals surface area (Å²) >= 11 is 0. The first kappa shape index (κ1) is 11.0. The average molecular weight is 195 g/mol. The fourth-order valence-corrected chi connectivity index (χ4v) is 0.931. The van der Waals surface area contributed by atoms with Crippen molar-refractivity contribution < 1.29 is 14.2 Å². The normalized spacial score (nSPS) is 10.1. The zero-order valence-electron chi connectivity index (χ0n) is 8.36. The maximum Gasteiger partial charge on any atom is 0.119 e. The summed E-state index contributed by atoms with van der Waals surface area (Å²) in [6, 6.07) is 10.3. The van der Waals surface area contributed by atoms with E-state index in [1.54, 1.807) is 7.11 Å². The van der Waals surface area contributed by atoms with Gasteiger partial charge in [0.15, 0.2) is 0 Å². The first-order chi connectivity index (χ1) is 6.93. The second kappa shape index (κ2) is 7.35. The highest BCUT2D eigenvalue weighted by atomic mass is 16.5. The number of benzene rings is 1. The zero-order valence-corrected chi connectivity index (χ0v) is 8.36. The largest absolute Gasteiger partial charge is 0.491 e. The predicted octanol–water partition coefficient (Wildman–Crippen LogP) is 1.53. The average Bonchev–Trinajstić information content (AvgIpc) is 2.25. The Kier molecular flexibility index (Phi) is 5.79. The Labute approximate surface area is 84.6 Å². The van der Waals surface area contributed by atoms with Gasteiger partial charge in [0, 0.05) is 7.11 Å². The minimum atomic E-state index is 0.563. The van der Waals surface area contributed by atoms with Crippen molar-refractivity contribution in [1.29, 1.82) is 0 Å². The van der Waals surface area contributed by atoms with Crippen molar-refractivity contribution in [2.24, 2.45) is 0 Å². The van der Waals surface area contributed by atoms with Gasteiger partial charge < -0.3 is 14.2 Å². The topological polar surface area (TPSA) is 27.7 Å². The molecule has 14 heavy (non-hydrogen) atoms. The Morgan fingerprint density at radius 1 is 1.07 bits per heavy atom. The lowest BCUT2D eigenvalue weighted by molar-refractivity contribution is 0.0544. The van der Waals surface area contributed by atoms with Crippen molar-refractivity contribution in [2.75, 3.05) is 33.5 Å². The molecular formula is C11H15O3. The highest BCUT2D eigenvalue weighted by molar-refractivity contribution is 5.20. The summed E-state index contributed by atoms with van der Waals surface area (Å²) in [5.74, 6) is 0.846. The van der Waals surface area contributed by atoms with Crippen LogP contribution in [0.4, 0.5) is 0 Å². The summed E-state index contributed by atoms with van der Waals surface area (Å²) in [5.41, 5.74) is 0. The van der Waals surface area contributed by atoms with Gasteiger partial charge in [0.05, 0.1) is 19.8 Å². The van der Waals surface area contributed by atoms with Crippen molar-refractivity contribution in [3.05, 3.63) is 30.3 Å². The molecule has 0 fully saturated rings. The third-order valence-corrected chi connectivity index (χ3v) is 1.62. The maximum absolute atomic E-state index is 5.40. The van der Waals surface area contributed by atoms with Crippen LogP contribution in [-0.2, 0) is 9.47 Å². The first-order valence-electron chi connectivity index (χ1n) is 4.59. The molecule has 0 atom stereocenters. The minimum Gasteiger partial charge on any atom is -0.491 e. The van der Waals surface area contributed by atoms with Crippen LogP contribution in [0.1, 0.15) is 0 Å². The minimum absolute atomic E-state index is 0.563. The van der Waals surface area contributed by atoms with Crippen molar-refractivity contribution in [3.63, 3.8) is 0 Å². The number of methoxy groups -OCH3 is 1. The predicted molar refractivity (Wildman–Crippen MR) is 53.5 cm³/mol. The van der Waals surface area contributed by atoms with Crippen LogP contribution in [0.25, 0.3) is 0 Å². The summed E-state index contributed by atoms with van der Waals surface area (Å²) < 4.78 is 15.5. The molecule has 0 saturated heterocycles. The lowest BCUT2D eigenvalue weighted by atomic mass is 10.3. The van der Waals surface area contributed by atoms with Crippen molar-refractivity contribution in [1.82, 2.24) is 0 Å². The smallest absolute Gasteiger partial charge is 0.119 e. The van der Waals surface area contributed by atoms with E-state index in [2.05, 4.69) is 6.07 Å². The van der Waals surface area contributed by atoms with Crippen molar-refractivity contribution in [3.8, 4) is 5.75 Å². The van der Waals surface area contributed by atoms with Crippen LogP contribution in [-0.4, -0.2) is 33.5 Å². The maximum atomic E-state index is 5.40. The lowest BCUT2D eigenvalue weighted by Crippen LogP contribution is -2.09. The van der Waals surface area contributed by atoms with Crippen molar-refractivity contribution in [2.45, 2.75) is 0 Å². The molecule has 0 spiro atoms. The summed E-state index contributed by atoms with van der Waals surface area (Å²) in [6.45, 7) is 2.39. The molecule has 0 bridgehead atoms. The third kappa shape index (κ3) is 4.84. The molecule has 1 radical (unpaired) electrons. The highest BCUT2D eigenvalue weighted by Crippen LogP contribution is 2.07.